The highest BCUT2D eigenvalue weighted by Crippen LogP contribution is 2.36. The molecule has 2 amide bonds. The number of nitrogens with one attached hydrogen (secondary N) is 1. The molecular formula is C17H11ClN2O3S3. The third kappa shape index (κ3) is 3.50. The summed E-state index contributed by atoms with van der Waals surface area (Å²) >= 11 is 13.7. The van der Waals surface area contributed by atoms with E-state index in [-0.39, 0.29) is 18.4 Å². The third-order valence-corrected chi connectivity index (χ3v) is 6.19. The summed E-state index contributed by atoms with van der Waals surface area (Å²) in [7, 11) is 0. The number of nitrogens with zero attached hydrogens (tertiary/aromatic N) is 1. The molecule has 9 heteroatoms. The number of rotatable bonds is 3. The maximum Gasteiger partial charge on any atom is 0.265 e. The van der Waals surface area contributed by atoms with Gasteiger partial charge in [0.25, 0.3) is 11.8 Å². The maximum absolute atomic E-state index is 12.4. The molecule has 26 heavy (non-hydrogen) atoms. The minimum Gasteiger partial charge on any atom is -0.482 e. The quantitative estimate of drug-likeness (QED) is 0.602. The van der Waals surface area contributed by atoms with Crippen molar-refractivity contribution in [3.05, 3.63) is 50.0 Å². The molecule has 4 rings (SSSR count). The molecule has 1 aromatic heterocycles. The van der Waals surface area contributed by atoms with E-state index in [2.05, 4.69) is 5.32 Å². The van der Waals surface area contributed by atoms with Crippen molar-refractivity contribution < 1.29 is 14.3 Å². The summed E-state index contributed by atoms with van der Waals surface area (Å²) < 4.78 is 6.65. The Balaban J connectivity index is 1.68. The van der Waals surface area contributed by atoms with Crippen LogP contribution in [0, 0.1) is 0 Å². The maximum atomic E-state index is 12.4. The lowest BCUT2D eigenvalue weighted by Gasteiger charge is -2.29. The Hall–Kier alpha value is -1.87. The highest BCUT2D eigenvalue weighted by atomic mass is 35.5. The van der Waals surface area contributed by atoms with Crippen molar-refractivity contribution in [1.29, 1.82) is 0 Å². The summed E-state index contributed by atoms with van der Waals surface area (Å²) in [6.07, 6.45) is 1.75. The van der Waals surface area contributed by atoms with Gasteiger partial charge in [-0.2, -0.15) is 0 Å². The van der Waals surface area contributed by atoms with Gasteiger partial charge in [0.05, 0.1) is 21.5 Å². The van der Waals surface area contributed by atoms with Crippen molar-refractivity contribution in [3.8, 4) is 5.75 Å². The zero-order valence-electron chi connectivity index (χ0n) is 13.2. The van der Waals surface area contributed by atoms with E-state index in [0.717, 1.165) is 10.4 Å². The minimum atomic E-state index is -0.213. The molecule has 0 spiro atoms. The van der Waals surface area contributed by atoms with E-state index in [9.17, 15) is 9.59 Å². The van der Waals surface area contributed by atoms with Gasteiger partial charge in [-0.05, 0) is 35.9 Å². The second-order valence-electron chi connectivity index (χ2n) is 5.55. The van der Waals surface area contributed by atoms with E-state index < -0.39 is 0 Å². The average Bonchev–Trinajstić information content (AvgIpc) is 3.15. The fourth-order valence-corrected chi connectivity index (χ4v) is 4.77. The lowest BCUT2D eigenvalue weighted by Crippen LogP contribution is -2.38. The van der Waals surface area contributed by atoms with Crippen molar-refractivity contribution in [2.45, 2.75) is 6.54 Å². The lowest BCUT2D eigenvalue weighted by atomic mass is 10.1. The number of anilines is 1. The number of amides is 2. The number of ether oxygens (including phenoxy) is 1. The summed E-state index contributed by atoms with van der Waals surface area (Å²) in [5.41, 5.74) is 1.46. The van der Waals surface area contributed by atoms with Crippen molar-refractivity contribution >= 4 is 74.8 Å². The molecule has 0 radical (unpaired) electrons. The van der Waals surface area contributed by atoms with Gasteiger partial charge >= 0.3 is 0 Å². The Morgan fingerprint density at radius 3 is 2.85 bits per heavy atom. The first kappa shape index (κ1) is 17.5. The number of fused-ring (bicyclic) bond motifs is 1. The van der Waals surface area contributed by atoms with E-state index in [0.29, 0.717) is 31.5 Å². The molecule has 2 aliphatic rings. The summed E-state index contributed by atoms with van der Waals surface area (Å²) in [6, 6.07) is 9.20. The molecule has 0 bridgehead atoms. The number of carbonyl (C=O) groups excluding carboxylic acids is 2. The van der Waals surface area contributed by atoms with Crippen molar-refractivity contribution in [2.75, 3.05) is 11.5 Å². The van der Waals surface area contributed by atoms with Crippen LogP contribution in [0.1, 0.15) is 10.4 Å². The molecule has 1 fully saturated rings. The number of thiophene rings is 1. The zero-order valence-corrected chi connectivity index (χ0v) is 16.4. The van der Waals surface area contributed by atoms with Gasteiger partial charge in [0, 0.05) is 4.88 Å². The monoisotopic (exact) mass is 422 g/mol. The standard InChI is InChI=1S/C17H11ClN2O3S3/c18-14-4-2-10(25-14)7-20-11-5-9(1-3-12(11)23-8-15(20)21)6-13-16(22)19-17(24)26-13/h1-6H,7-8H2,(H,19,22,24). The molecule has 2 aromatic rings. The number of carbonyl (C=O) groups is 2. The molecule has 0 unspecified atom stereocenters. The Labute approximate surface area is 168 Å². The molecule has 1 N–H and O–H groups in total. The first-order chi connectivity index (χ1) is 12.5. The number of halogens is 1. The van der Waals surface area contributed by atoms with Crippen molar-refractivity contribution in [3.63, 3.8) is 0 Å². The molecule has 0 aliphatic carbocycles. The number of thiocarbonyl (C=S) groups is 1. The van der Waals surface area contributed by atoms with Gasteiger partial charge in [-0.25, -0.2) is 0 Å². The van der Waals surface area contributed by atoms with Crippen LogP contribution in [0.15, 0.2) is 35.2 Å². The Morgan fingerprint density at radius 1 is 1.31 bits per heavy atom. The summed E-state index contributed by atoms with van der Waals surface area (Å²) in [4.78, 5) is 27.4. The molecular weight excluding hydrogens is 412 g/mol. The fourth-order valence-electron chi connectivity index (χ4n) is 2.65. The van der Waals surface area contributed by atoms with E-state index in [4.69, 9.17) is 28.6 Å². The van der Waals surface area contributed by atoms with Crippen LogP contribution in [-0.4, -0.2) is 22.7 Å². The summed E-state index contributed by atoms with van der Waals surface area (Å²) in [5, 5.41) is 2.59. The van der Waals surface area contributed by atoms with Gasteiger partial charge in [-0.1, -0.05) is 41.6 Å². The van der Waals surface area contributed by atoms with Crippen LogP contribution in [-0.2, 0) is 16.1 Å². The normalized spacial score (nSPS) is 18.1. The molecule has 1 aromatic carbocycles. The van der Waals surface area contributed by atoms with E-state index in [1.165, 1.54) is 23.1 Å². The lowest BCUT2D eigenvalue weighted by molar-refractivity contribution is -0.121. The molecule has 0 atom stereocenters. The topological polar surface area (TPSA) is 58.6 Å². The average molecular weight is 423 g/mol. The van der Waals surface area contributed by atoms with Crippen LogP contribution in [0.25, 0.3) is 6.08 Å². The van der Waals surface area contributed by atoms with Crippen molar-refractivity contribution in [2.24, 2.45) is 0 Å². The van der Waals surface area contributed by atoms with Gasteiger partial charge < -0.3 is 15.0 Å². The number of thioether (sulfide) groups is 1. The van der Waals surface area contributed by atoms with E-state index in [1.54, 1.807) is 17.0 Å². The van der Waals surface area contributed by atoms with Gasteiger partial charge in [-0.15, -0.1) is 11.3 Å². The highest BCUT2D eigenvalue weighted by molar-refractivity contribution is 8.26. The first-order valence-electron chi connectivity index (χ1n) is 7.56. The second-order valence-corrected chi connectivity index (χ2v) is 9.07. The molecule has 5 nitrogen and oxygen atoms in total. The molecule has 3 heterocycles. The Morgan fingerprint density at radius 2 is 2.15 bits per heavy atom. The number of hydrogen-bond acceptors (Lipinski definition) is 6. The van der Waals surface area contributed by atoms with Gasteiger partial charge in [0.2, 0.25) is 0 Å². The Kier molecular flexibility index (Phi) is 4.74. The molecule has 1 saturated heterocycles. The molecule has 132 valence electrons. The van der Waals surface area contributed by atoms with Crippen LogP contribution in [0.3, 0.4) is 0 Å². The smallest absolute Gasteiger partial charge is 0.265 e. The predicted molar refractivity (Wildman–Crippen MR) is 109 cm³/mol. The zero-order chi connectivity index (χ0) is 18.3. The highest BCUT2D eigenvalue weighted by Gasteiger charge is 2.27. The van der Waals surface area contributed by atoms with E-state index in [1.807, 2.05) is 24.3 Å². The van der Waals surface area contributed by atoms with Crippen LogP contribution >= 0.6 is 46.9 Å². The summed E-state index contributed by atoms with van der Waals surface area (Å²) in [6.45, 7) is 0.422. The van der Waals surface area contributed by atoms with Gasteiger partial charge in [0.1, 0.15) is 10.1 Å². The second kappa shape index (κ2) is 7.03. The van der Waals surface area contributed by atoms with Crippen LogP contribution in [0.5, 0.6) is 5.75 Å². The third-order valence-electron chi connectivity index (χ3n) is 3.81. The minimum absolute atomic E-state index is 0.000921. The van der Waals surface area contributed by atoms with Crippen molar-refractivity contribution in [1.82, 2.24) is 5.32 Å². The largest absolute Gasteiger partial charge is 0.482 e. The fraction of sp³-hybridized carbons (Fsp3) is 0.118. The van der Waals surface area contributed by atoms with Crippen LogP contribution in [0.2, 0.25) is 4.34 Å². The molecule has 2 aliphatic heterocycles. The SMILES string of the molecule is O=C1NC(=S)SC1=Cc1ccc2c(c1)N(Cc1ccc(Cl)s1)C(=O)CO2. The summed E-state index contributed by atoms with van der Waals surface area (Å²) in [5.74, 6) is 0.296. The number of hydrogen-bond donors (Lipinski definition) is 1. The first-order valence-corrected chi connectivity index (χ1v) is 9.98. The predicted octanol–water partition coefficient (Wildman–Crippen LogP) is 3.82. The van der Waals surface area contributed by atoms with Crippen LogP contribution < -0.4 is 15.0 Å². The number of benzene rings is 1. The Bertz CT molecular complexity index is 970. The van der Waals surface area contributed by atoms with Crippen LogP contribution in [0.4, 0.5) is 5.69 Å². The molecule has 0 saturated carbocycles. The van der Waals surface area contributed by atoms with E-state index >= 15 is 0 Å². The van der Waals surface area contributed by atoms with Gasteiger partial charge in [0.15, 0.2) is 6.61 Å². The van der Waals surface area contributed by atoms with Gasteiger partial charge in [-0.3, -0.25) is 9.59 Å².